The fraction of sp³-hybridized carbons (Fsp3) is 0. The first kappa shape index (κ1) is 13.4. The number of anilines is 2. The lowest BCUT2D eigenvalue weighted by atomic mass is 10.1. The van der Waals surface area contributed by atoms with Gasteiger partial charge >= 0.3 is 0 Å². The van der Waals surface area contributed by atoms with Gasteiger partial charge in [0.1, 0.15) is 5.75 Å². The maximum Gasteiger partial charge on any atom is 0.255 e. The minimum atomic E-state index is -0.638. The summed E-state index contributed by atoms with van der Waals surface area (Å²) in [5.41, 5.74) is 11.6. The lowest BCUT2D eigenvalue weighted by Gasteiger charge is -2.09. The number of aromatic hydroxyl groups is 1. The molecule has 0 aliphatic heterocycles. The van der Waals surface area contributed by atoms with Gasteiger partial charge in [0.25, 0.3) is 11.8 Å². The molecule has 6 nitrogen and oxygen atoms in total. The summed E-state index contributed by atoms with van der Waals surface area (Å²) in [5.74, 6) is -1.30. The molecule has 0 atom stereocenters. The average molecular weight is 271 g/mol. The van der Waals surface area contributed by atoms with Crippen LogP contribution in [0.1, 0.15) is 20.7 Å². The molecule has 0 spiro atoms. The van der Waals surface area contributed by atoms with Crippen molar-refractivity contribution in [2.75, 3.05) is 11.1 Å². The maximum atomic E-state index is 12.0. The van der Waals surface area contributed by atoms with E-state index < -0.39 is 11.8 Å². The van der Waals surface area contributed by atoms with Gasteiger partial charge in [-0.25, -0.2) is 0 Å². The van der Waals surface area contributed by atoms with Crippen molar-refractivity contribution in [2.45, 2.75) is 0 Å². The molecule has 0 radical (unpaired) electrons. The smallest absolute Gasteiger partial charge is 0.255 e. The topological polar surface area (TPSA) is 118 Å². The molecule has 6 heteroatoms. The van der Waals surface area contributed by atoms with E-state index in [1.807, 2.05) is 0 Å². The van der Waals surface area contributed by atoms with Crippen LogP contribution in [0.25, 0.3) is 0 Å². The summed E-state index contributed by atoms with van der Waals surface area (Å²) in [4.78, 5) is 23.3. The Morgan fingerprint density at radius 2 is 1.80 bits per heavy atom. The average Bonchev–Trinajstić information content (AvgIpc) is 2.42. The lowest BCUT2D eigenvalue weighted by molar-refractivity contribution is 0.100. The van der Waals surface area contributed by atoms with Crippen LogP contribution in [0.4, 0.5) is 11.4 Å². The number of carbonyl (C=O) groups excluding carboxylic acids is 2. The quantitative estimate of drug-likeness (QED) is 0.497. The predicted molar refractivity (Wildman–Crippen MR) is 75.4 cm³/mol. The van der Waals surface area contributed by atoms with Crippen molar-refractivity contribution < 1.29 is 14.7 Å². The normalized spacial score (nSPS) is 10.0. The highest BCUT2D eigenvalue weighted by atomic mass is 16.3. The summed E-state index contributed by atoms with van der Waals surface area (Å²) in [6.07, 6.45) is 0. The molecule has 0 heterocycles. The Balaban J connectivity index is 2.28. The van der Waals surface area contributed by atoms with Gasteiger partial charge in [-0.2, -0.15) is 0 Å². The number of nitrogens with two attached hydrogens (primary N) is 2. The Bertz CT molecular complexity index is 683. The monoisotopic (exact) mass is 271 g/mol. The maximum absolute atomic E-state index is 12.0. The van der Waals surface area contributed by atoms with Crippen molar-refractivity contribution in [1.82, 2.24) is 0 Å². The summed E-state index contributed by atoms with van der Waals surface area (Å²) in [6, 6.07) is 10.5. The van der Waals surface area contributed by atoms with Crippen LogP contribution in [0.5, 0.6) is 5.75 Å². The number of nitrogen functional groups attached to an aromatic ring is 1. The first-order chi connectivity index (χ1) is 9.49. The third-order valence-electron chi connectivity index (χ3n) is 2.73. The number of nitrogens with one attached hydrogen (secondary N) is 1. The fourth-order valence-corrected chi connectivity index (χ4v) is 1.69. The van der Waals surface area contributed by atoms with Crippen LogP contribution in [-0.4, -0.2) is 16.9 Å². The second-order valence-corrected chi connectivity index (χ2v) is 4.14. The van der Waals surface area contributed by atoms with Gasteiger partial charge in [-0.1, -0.05) is 12.1 Å². The van der Waals surface area contributed by atoms with Crippen molar-refractivity contribution in [2.24, 2.45) is 5.73 Å². The van der Waals surface area contributed by atoms with E-state index in [0.29, 0.717) is 5.69 Å². The number of hydrogen-bond acceptors (Lipinski definition) is 4. The van der Waals surface area contributed by atoms with Crippen molar-refractivity contribution in [3.05, 3.63) is 53.6 Å². The van der Waals surface area contributed by atoms with E-state index >= 15 is 0 Å². The number of phenols is 1. The highest BCUT2D eigenvalue weighted by Crippen LogP contribution is 2.22. The molecule has 2 rings (SSSR count). The van der Waals surface area contributed by atoms with Gasteiger partial charge in [0.05, 0.1) is 16.9 Å². The first-order valence-electron chi connectivity index (χ1n) is 5.77. The van der Waals surface area contributed by atoms with Crippen molar-refractivity contribution in [3.8, 4) is 5.75 Å². The van der Waals surface area contributed by atoms with E-state index in [1.54, 1.807) is 18.2 Å². The van der Waals surface area contributed by atoms with Gasteiger partial charge in [0.2, 0.25) is 0 Å². The van der Waals surface area contributed by atoms with Crippen molar-refractivity contribution in [1.29, 1.82) is 0 Å². The van der Waals surface area contributed by atoms with E-state index in [2.05, 4.69) is 5.32 Å². The zero-order valence-electron chi connectivity index (χ0n) is 10.5. The summed E-state index contributed by atoms with van der Waals surface area (Å²) in [7, 11) is 0. The molecule has 102 valence electrons. The molecule has 0 saturated carbocycles. The molecule has 6 N–H and O–H groups in total. The molecule has 0 saturated heterocycles. The minimum Gasteiger partial charge on any atom is -0.506 e. The van der Waals surface area contributed by atoms with Gasteiger partial charge in [-0.15, -0.1) is 0 Å². The van der Waals surface area contributed by atoms with Gasteiger partial charge in [-0.3, -0.25) is 9.59 Å². The molecule has 0 aromatic heterocycles. The summed E-state index contributed by atoms with van der Waals surface area (Å²) in [5, 5.41) is 12.0. The van der Waals surface area contributed by atoms with Gasteiger partial charge in [0.15, 0.2) is 0 Å². The highest BCUT2D eigenvalue weighted by Gasteiger charge is 2.12. The molecule has 0 unspecified atom stereocenters. The van der Waals surface area contributed by atoms with Crippen LogP contribution in [0.15, 0.2) is 42.5 Å². The molecule has 20 heavy (non-hydrogen) atoms. The van der Waals surface area contributed by atoms with Crippen LogP contribution in [0, 0.1) is 0 Å². The number of primary amides is 1. The second kappa shape index (κ2) is 5.31. The lowest BCUT2D eigenvalue weighted by Crippen LogP contribution is -2.18. The number of amides is 2. The standard InChI is InChI=1S/C14H13N3O3/c15-10-6-5-8(7-12(10)18)14(20)17-11-4-2-1-3-9(11)13(16)19/h1-7,18H,15H2,(H2,16,19)(H,17,20). The van der Waals surface area contributed by atoms with Crippen LogP contribution >= 0.6 is 0 Å². The van der Waals surface area contributed by atoms with E-state index in [4.69, 9.17) is 11.5 Å². The Morgan fingerprint density at radius 3 is 2.45 bits per heavy atom. The molecular formula is C14H13N3O3. The van der Waals surface area contributed by atoms with Crippen molar-refractivity contribution >= 4 is 23.2 Å². The van der Waals surface area contributed by atoms with Crippen LogP contribution < -0.4 is 16.8 Å². The van der Waals surface area contributed by atoms with Crippen molar-refractivity contribution in [3.63, 3.8) is 0 Å². The third-order valence-corrected chi connectivity index (χ3v) is 2.73. The molecule has 0 aliphatic carbocycles. The van der Waals surface area contributed by atoms with E-state index in [9.17, 15) is 14.7 Å². The number of phenolic OH excluding ortho intramolecular Hbond substituents is 1. The molecule has 0 fully saturated rings. The Labute approximate surface area is 115 Å². The number of carbonyl (C=O) groups is 2. The first-order valence-corrected chi connectivity index (χ1v) is 5.77. The van der Waals surface area contributed by atoms with Crippen LogP contribution in [0.3, 0.4) is 0 Å². The van der Waals surface area contributed by atoms with Crippen LogP contribution in [0.2, 0.25) is 0 Å². The Hall–Kier alpha value is -3.02. The molecule has 2 amide bonds. The van der Waals surface area contributed by atoms with Crippen LogP contribution in [-0.2, 0) is 0 Å². The van der Waals surface area contributed by atoms with E-state index in [-0.39, 0.29) is 22.6 Å². The number of benzene rings is 2. The Morgan fingerprint density at radius 1 is 1.10 bits per heavy atom. The number of rotatable bonds is 3. The summed E-state index contributed by atoms with van der Waals surface area (Å²) < 4.78 is 0. The van der Waals surface area contributed by atoms with Gasteiger partial charge in [0, 0.05) is 5.56 Å². The molecular weight excluding hydrogens is 258 g/mol. The Kier molecular flexibility index (Phi) is 3.56. The van der Waals surface area contributed by atoms with Gasteiger partial charge < -0.3 is 21.9 Å². The molecule has 2 aromatic carbocycles. The molecule has 2 aromatic rings. The van der Waals surface area contributed by atoms with Gasteiger partial charge in [-0.05, 0) is 30.3 Å². The fourth-order valence-electron chi connectivity index (χ4n) is 1.69. The molecule has 0 bridgehead atoms. The zero-order chi connectivity index (χ0) is 14.7. The summed E-state index contributed by atoms with van der Waals surface area (Å²) in [6.45, 7) is 0. The largest absolute Gasteiger partial charge is 0.506 e. The van der Waals surface area contributed by atoms with E-state index in [1.165, 1.54) is 24.3 Å². The number of para-hydroxylation sites is 1. The highest BCUT2D eigenvalue weighted by molar-refractivity contribution is 6.09. The number of hydrogen-bond donors (Lipinski definition) is 4. The zero-order valence-corrected chi connectivity index (χ0v) is 10.5. The predicted octanol–water partition coefficient (Wildman–Crippen LogP) is 1.33. The second-order valence-electron chi connectivity index (χ2n) is 4.14. The third kappa shape index (κ3) is 2.69. The van der Waals surface area contributed by atoms with E-state index in [0.717, 1.165) is 0 Å². The SMILES string of the molecule is NC(=O)c1ccccc1NC(=O)c1ccc(N)c(O)c1. The molecule has 0 aliphatic rings. The minimum absolute atomic E-state index is 0.180. The summed E-state index contributed by atoms with van der Waals surface area (Å²) >= 11 is 0.